The summed E-state index contributed by atoms with van der Waals surface area (Å²) in [5, 5.41) is 15.8. The Morgan fingerprint density at radius 1 is 0.983 bits per heavy atom. The number of fused-ring (bicyclic) bond motifs is 2. The lowest BCUT2D eigenvalue weighted by Crippen LogP contribution is -2.54. The predicted octanol–water partition coefficient (Wildman–Crippen LogP) is 4.00. The monoisotopic (exact) mass is 830 g/mol. The van der Waals surface area contributed by atoms with Gasteiger partial charge in [-0.05, 0) is 76.0 Å². The number of pyridine rings is 2. The molecule has 0 radical (unpaired) electrons. The number of alkyl halides is 2. The fourth-order valence-corrected chi connectivity index (χ4v) is 9.10. The quantitative estimate of drug-likeness (QED) is 0.157. The highest BCUT2D eigenvalue weighted by Crippen LogP contribution is 2.55. The first-order valence-corrected chi connectivity index (χ1v) is 20.0. The van der Waals surface area contributed by atoms with Crippen molar-refractivity contribution in [1.29, 1.82) is 0 Å². The van der Waals surface area contributed by atoms with Crippen LogP contribution in [0.25, 0.3) is 5.65 Å². The molecule has 18 heteroatoms. The van der Waals surface area contributed by atoms with Gasteiger partial charge in [-0.15, -0.1) is 0 Å². The first-order valence-electron chi connectivity index (χ1n) is 20.0. The summed E-state index contributed by atoms with van der Waals surface area (Å²) in [4.78, 5) is 77.1. The summed E-state index contributed by atoms with van der Waals surface area (Å²) >= 11 is 0. The van der Waals surface area contributed by atoms with E-state index in [1.807, 2.05) is 4.90 Å². The zero-order valence-corrected chi connectivity index (χ0v) is 32.8. The van der Waals surface area contributed by atoms with Crippen LogP contribution in [-0.2, 0) is 21.7 Å². The molecule has 3 saturated heterocycles. The van der Waals surface area contributed by atoms with Gasteiger partial charge >= 0.3 is 0 Å². The molecular weight excluding hydrogens is 789 g/mol. The van der Waals surface area contributed by atoms with Crippen LogP contribution in [0.2, 0.25) is 0 Å². The van der Waals surface area contributed by atoms with Crippen LogP contribution in [0.4, 0.5) is 23.2 Å². The summed E-state index contributed by atoms with van der Waals surface area (Å²) in [6.45, 7) is 6.05. The van der Waals surface area contributed by atoms with E-state index in [1.165, 1.54) is 38.1 Å². The molecule has 314 valence electrons. The molecule has 9 rings (SSSR count). The molecule has 5 amide bonds. The van der Waals surface area contributed by atoms with Crippen molar-refractivity contribution in [2.24, 2.45) is 5.92 Å². The van der Waals surface area contributed by atoms with E-state index < -0.39 is 64.7 Å². The molecule has 60 heavy (non-hydrogen) atoms. The van der Waals surface area contributed by atoms with Crippen molar-refractivity contribution < 1.29 is 46.6 Å². The summed E-state index contributed by atoms with van der Waals surface area (Å²) < 4.78 is 60.4. The van der Waals surface area contributed by atoms with Gasteiger partial charge in [0.1, 0.15) is 17.6 Å². The van der Waals surface area contributed by atoms with Crippen molar-refractivity contribution in [2.75, 3.05) is 37.6 Å². The number of nitrogens with one attached hydrogen (secondary N) is 2. The van der Waals surface area contributed by atoms with Crippen LogP contribution < -0.4 is 15.5 Å². The normalized spacial score (nSPS) is 22.3. The Labute approximate surface area is 340 Å². The molecule has 1 aliphatic carbocycles. The second kappa shape index (κ2) is 14.5. The molecule has 7 heterocycles. The first kappa shape index (κ1) is 39.7. The number of imidazole rings is 1. The Bertz CT molecular complexity index is 2490. The fraction of sp³-hybridized carbons (Fsp3) is 0.452. The maximum atomic E-state index is 16.2. The molecule has 0 spiro atoms. The molecule has 3 N–H and O–H groups in total. The number of hydrogen-bond donors (Lipinski definition) is 3. The highest BCUT2D eigenvalue weighted by atomic mass is 19.3. The molecule has 0 bridgehead atoms. The van der Waals surface area contributed by atoms with Gasteiger partial charge < -0.3 is 24.6 Å². The van der Waals surface area contributed by atoms with Gasteiger partial charge in [0, 0.05) is 68.8 Å². The van der Waals surface area contributed by atoms with Crippen molar-refractivity contribution in [3.8, 4) is 0 Å². The van der Waals surface area contributed by atoms with E-state index in [9.17, 15) is 37.9 Å². The Hall–Kier alpha value is -5.75. The zero-order chi connectivity index (χ0) is 42.4. The number of aromatic nitrogens is 3. The number of carbonyl (C=O) groups is 5. The van der Waals surface area contributed by atoms with Gasteiger partial charge in [0.2, 0.25) is 11.8 Å². The van der Waals surface area contributed by atoms with Crippen LogP contribution in [0.3, 0.4) is 0 Å². The lowest BCUT2D eigenvalue weighted by Gasteiger charge is -2.44. The largest absolute Gasteiger partial charge is 0.386 e. The van der Waals surface area contributed by atoms with Crippen LogP contribution in [0.5, 0.6) is 0 Å². The number of hydrogen-bond acceptors (Lipinski definition) is 10. The average molecular weight is 831 g/mol. The lowest BCUT2D eigenvalue weighted by atomic mass is 9.92. The fourth-order valence-electron chi connectivity index (χ4n) is 9.10. The molecule has 1 unspecified atom stereocenters. The van der Waals surface area contributed by atoms with E-state index in [2.05, 4.69) is 25.5 Å². The van der Waals surface area contributed by atoms with Gasteiger partial charge in [-0.3, -0.25) is 34.2 Å². The van der Waals surface area contributed by atoms with Crippen LogP contribution in [0, 0.1) is 17.6 Å². The minimum Gasteiger partial charge on any atom is -0.386 e. The summed E-state index contributed by atoms with van der Waals surface area (Å²) in [5.41, 5.74) is -0.381. The molecule has 1 saturated carbocycles. The second-order valence-electron chi connectivity index (χ2n) is 17.1. The van der Waals surface area contributed by atoms with Crippen LogP contribution in [0.1, 0.15) is 112 Å². The Morgan fingerprint density at radius 3 is 2.35 bits per heavy atom. The van der Waals surface area contributed by atoms with E-state index in [1.54, 1.807) is 16.8 Å². The average Bonchev–Trinajstić information content (AvgIpc) is 3.49. The molecule has 3 aromatic heterocycles. The van der Waals surface area contributed by atoms with Gasteiger partial charge in [0.25, 0.3) is 23.6 Å². The smallest absolute Gasteiger partial charge is 0.270 e. The molecular formula is C42H42F4N8O6. The molecule has 2 atom stereocenters. The maximum Gasteiger partial charge on any atom is 0.270 e. The molecule has 1 aromatic carbocycles. The van der Waals surface area contributed by atoms with E-state index in [-0.39, 0.29) is 77.1 Å². The van der Waals surface area contributed by atoms with Crippen LogP contribution in [-0.4, -0.2) is 103 Å². The van der Waals surface area contributed by atoms with Gasteiger partial charge in [-0.2, -0.15) is 0 Å². The predicted molar refractivity (Wildman–Crippen MR) is 205 cm³/mol. The number of piperidine rings is 2. The van der Waals surface area contributed by atoms with Gasteiger partial charge in [0.05, 0.1) is 39.7 Å². The number of likely N-dealkylation sites (tertiary alicyclic amines) is 1. The number of anilines is 1. The number of halogens is 4. The third-order valence-electron chi connectivity index (χ3n) is 12.3. The number of aliphatic hydroxyl groups is 1. The third kappa shape index (κ3) is 7.08. The lowest BCUT2D eigenvalue weighted by molar-refractivity contribution is -0.136. The van der Waals surface area contributed by atoms with Gasteiger partial charge in [0.15, 0.2) is 11.5 Å². The topological polar surface area (TPSA) is 170 Å². The number of carbonyl (C=O) groups excluding carboxylic acids is 5. The molecule has 4 aromatic rings. The number of amides is 5. The summed E-state index contributed by atoms with van der Waals surface area (Å²) in [6.07, 6.45) is 4.57. The summed E-state index contributed by atoms with van der Waals surface area (Å²) in [5.74, 6) is -8.25. The SMILES string of the molecule is CC(C)(O)c1c(CNC(=O)c2cccc([C@H]3CC3(F)F)n2)cn2cc(C3CCN(CC4CN(c5cc6c(cc5F)C(=O)N(C5CCC(=O)NC5=O)C6=O)C4)CC3)nc2c1F. The van der Waals surface area contributed by atoms with Crippen LogP contribution >= 0.6 is 0 Å². The van der Waals surface area contributed by atoms with Crippen molar-refractivity contribution >= 4 is 40.9 Å². The molecule has 4 aliphatic heterocycles. The Kier molecular flexibility index (Phi) is 9.57. The maximum absolute atomic E-state index is 16.2. The van der Waals surface area contributed by atoms with Crippen LogP contribution in [0.15, 0.2) is 42.7 Å². The number of imide groups is 2. The van der Waals surface area contributed by atoms with Gasteiger partial charge in [-0.25, -0.2) is 27.5 Å². The summed E-state index contributed by atoms with van der Waals surface area (Å²) in [6, 6.07) is 5.66. The van der Waals surface area contributed by atoms with E-state index in [0.717, 1.165) is 43.4 Å². The third-order valence-corrected chi connectivity index (χ3v) is 12.3. The molecule has 4 fully saturated rings. The summed E-state index contributed by atoms with van der Waals surface area (Å²) in [7, 11) is 0. The van der Waals surface area contributed by atoms with E-state index in [4.69, 9.17) is 0 Å². The van der Waals surface area contributed by atoms with Crippen molar-refractivity contribution in [1.82, 2.24) is 34.8 Å². The minimum atomic E-state index is -2.84. The standard InChI is InChI=1S/C42H42F4N8O6/c1-41(2,60)34-23(15-47-37(56)29-5-3-4-28(48-29)26-14-42(26,45)46)19-53-20-30(49-36(53)35(34)44)22-8-10-51(11-9-22)16-21-17-52(18-21)32-13-25-24(12-27(32)43)39(58)54(40(25)59)31-6-7-33(55)50-38(31)57/h3-5,12-13,19-22,26,31,60H,6-11,14-18H2,1-2H3,(H,47,56)(H,50,55,57)/t26-,31?/m1/s1. The number of benzene rings is 1. The second-order valence-corrected chi connectivity index (χ2v) is 17.1. The Balaban J connectivity index is 0.814. The van der Waals surface area contributed by atoms with Crippen molar-refractivity contribution in [3.05, 3.63) is 93.7 Å². The van der Waals surface area contributed by atoms with Crippen molar-refractivity contribution in [2.45, 2.75) is 81.9 Å². The van der Waals surface area contributed by atoms with Gasteiger partial charge in [-0.1, -0.05) is 6.07 Å². The highest BCUT2D eigenvalue weighted by molar-refractivity contribution is 6.23. The minimum absolute atomic E-state index is 0.00853. The molecule has 5 aliphatic rings. The molecule has 14 nitrogen and oxygen atoms in total. The highest BCUT2D eigenvalue weighted by Gasteiger charge is 2.58. The van der Waals surface area contributed by atoms with Crippen molar-refractivity contribution in [3.63, 3.8) is 0 Å². The Morgan fingerprint density at radius 2 is 1.68 bits per heavy atom. The van der Waals surface area contributed by atoms with E-state index >= 15 is 8.78 Å². The zero-order valence-electron chi connectivity index (χ0n) is 32.8. The van der Waals surface area contributed by atoms with E-state index in [0.29, 0.717) is 24.3 Å². The first-order chi connectivity index (χ1) is 28.5. The number of nitrogens with zero attached hydrogens (tertiary/aromatic N) is 6. The number of rotatable bonds is 10.